The number of rotatable bonds is 5. The molecule has 0 bridgehead atoms. The first kappa shape index (κ1) is 15.1. The van der Waals surface area contributed by atoms with E-state index in [0.29, 0.717) is 12.2 Å². The van der Waals surface area contributed by atoms with Gasteiger partial charge in [-0.05, 0) is 23.8 Å². The van der Waals surface area contributed by atoms with Crippen molar-refractivity contribution in [2.75, 3.05) is 50.0 Å². The topological polar surface area (TPSA) is 86.9 Å². The Morgan fingerprint density at radius 1 is 1.15 bits per heavy atom. The third-order valence-corrected chi connectivity index (χ3v) is 4.09. The van der Waals surface area contributed by atoms with Gasteiger partial charge in [0.1, 0.15) is 10.7 Å². The molecular weight excluding hydrogens is 278 g/mol. The van der Waals surface area contributed by atoms with E-state index >= 15 is 0 Å². The normalized spacial score (nSPS) is 16.8. The largest absolute Gasteiger partial charge is 0.399 e. The molecule has 1 aromatic rings. The van der Waals surface area contributed by atoms with Crippen molar-refractivity contribution in [2.45, 2.75) is 5.75 Å². The summed E-state index contributed by atoms with van der Waals surface area (Å²) in [6, 6.07) is 5.48. The van der Waals surface area contributed by atoms with E-state index in [4.69, 9.17) is 10.8 Å². The summed E-state index contributed by atoms with van der Waals surface area (Å²) in [5.74, 6) is 0.0256. The maximum Gasteiger partial charge on any atom is 0.144 e. The number of hydrogen-bond acceptors (Lipinski definition) is 6. The van der Waals surface area contributed by atoms with Crippen molar-refractivity contribution in [1.82, 2.24) is 4.90 Å². The summed E-state index contributed by atoms with van der Waals surface area (Å²) in [5.41, 5.74) is 8.14. The van der Waals surface area contributed by atoms with Crippen molar-refractivity contribution in [1.29, 1.82) is 0 Å². The molecule has 20 heavy (non-hydrogen) atoms. The average molecular weight is 299 g/mol. The van der Waals surface area contributed by atoms with Gasteiger partial charge in [-0.3, -0.25) is 4.90 Å². The van der Waals surface area contributed by atoms with Crippen LogP contribution in [0.1, 0.15) is 5.56 Å². The first-order valence-corrected chi connectivity index (χ1v) is 8.04. The molecular formula is C13H21N3O3S. The number of aliphatic hydroxyl groups is 1. The van der Waals surface area contributed by atoms with Crippen LogP contribution in [0.5, 0.6) is 0 Å². The lowest BCUT2D eigenvalue weighted by Crippen LogP contribution is -2.47. The predicted octanol–water partition coefficient (Wildman–Crippen LogP) is -0.505. The van der Waals surface area contributed by atoms with Crippen molar-refractivity contribution in [3.8, 4) is 0 Å². The lowest BCUT2D eigenvalue weighted by atomic mass is 10.1. The Kier molecular flexibility index (Phi) is 5.22. The van der Waals surface area contributed by atoms with Crippen molar-refractivity contribution in [3.05, 3.63) is 23.8 Å². The summed E-state index contributed by atoms with van der Waals surface area (Å²) < 4.78 is 21.7. The van der Waals surface area contributed by atoms with E-state index in [1.807, 2.05) is 12.1 Å². The first-order valence-electron chi connectivity index (χ1n) is 6.68. The Morgan fingerprint density at radius 3 is 2.45 bits per heavy atom. The molecule has 0 atom stereocenters. The van der Waals surface area contributed by atoms with Gasteiger partial charge in [-0.1, -0.05) is 0 Å². The highest BCUT2D eigenvalue weighted by molar-refractivity contribution is 7.71. The van der Waals surface area contributed by atoms with E-state index in [-0.39, 0.29) is 12.4 Å². The molecule has 2 rings (SSSR count). The molecule has 112 valence electrons. The number of thiol groups is 1. The number of aliphatic hydroxyl groups excluding tert-OH is 1. The van der Waals surface area contributed by atoms with E-state index in [1.165, 1.54) is 0 Å². The van der Waals surface area contributed by atoms with Gasteiger partial charge in [0.05, 0.1) is 12.4 Å². The fourth-order valence-corrected chi connectivity index (χ4v) is 2.97. The second-order valence-corrected chi connectivity index (χ2v) is 5.96. The molecule has 0 aromatic heterocycles. The number of nitrogens with two attached hydrogens (primary N) is 1. The minimum atomic E-state index is -2.44. The van der Waals surface area contributed by atoms with Crippen LogP contribution in [0.3, 0.4) is 0 Å². The van der Waals surface area contributed by atoms with Gasteiger partial charge in [0, 0.05) is 44.1 Å². The Labute approximate surface area is 120 Å². The SMILES string of the molecule is Nc1cc(C[SH](=O)=O)cc(N2CCN(CCO)CC2)c1. The number of anilines is 2. The molecule has 0 saturated carbocycles. The van der Waals surface area contributed by atoms with Crippen LogP contribution in [0, 0.1) is 0 Å². The average Bonchev–Trinajstić information content (AvgIpc) is 2.38. The molecule has 3 N–H and O–H groups in total. The number of hydrogen-bond donors (Lipinski definition) is 3. The van der Waals surface area contributed by atoms with Crippen LogP contribution in [-0.4, -0.2) is 57.8 Å². The van der Waals surface area contributed by atoms with Crippen LogP contribution in [0.15, 0.2) is 18.2 Å². The Hall–Kier alpha value is -1.31. The van der Waals surface area contributed by atoms with Crippen molar-refractivity contribution in [3.63, 3.8) is 0 Å². The second kappa shape index (κ2) is 6.92. The zero-order valence-corrected chi connectivity index (χ0v) is 12.3. The minimum absolute atomic E-state index is 0.0256. The van der Waals surface area contributed by atoms with Gasteiger partial charge < -0.3 is 15.7 Å². The summed E-state index contributed by atoms with van der Waals surface area (Å²) in [6.07, 6.45) is 0. The molecule has 0 unspecified atom stereocenters. The van der Waals surface area contributed by atoms with Gasteiger partial charge >= 0.3 is 0 Å². The number of benzene rings is 1. The van der Waals surface area contributed by atoms with Crippen LogP contribution in [0.25, 0.3) is 0 Å². The van der Waals surface area contributed by atoms with E-state index < -0.39 is 10.7 Å². The summed E-state index contributed by atoms with van der Waals surface area (Å²) in [6.45, 7) is 4.37. The maximum absolute atomic E-state index is 10.8. The predicted molar refractivity (Wildman–Crippen MR) is 80.6 cm³/mol. The van der Waals surface area contributed by atoms with Gasteiger partial charge in [0.25, 0.3) is 0 Å². The lowest BCUT2D eigenvalue weighted by molar-refractivity contribution is 0.189. The first-order chi connectivity index (χ1) is 9.58. The van der Waals surface area contributed by atoms with Gasteiger partial charge in [-0.2, -0.15) is 0 Å². The van der Waals surface area contributed by atoms with Gasteiger partial charge in [0.15, 0.2) is 0 Å². The number of β-amino-alcohol motifs (C(OH)–C–C–N with tert-alkyl or cyclic N) is 1. The molecule has 1 aromatic carbocycles. The zero-order valence-electron chi connectivity index (χ0n) is 11.4. The summed E-state index contributed by atoms with van der Waals surface area (Å²) >= 11 is 0. The highest BCUT2D eigenvalue weighted by atomic mass is 32.2. The summed E-state index contributed by atoms with van der Waals surface area (Å²) in [7, 11) is -2.44. The van der Waals surface area contributed by atoms with Crippen molar-refractivity contribution in [2.24, 2.45) is 0 Å². The van der Waals surface area contributed by atoms with Crippen LogP contribution in [-0.2, 0) is 16.5 Å². The van der Waals surface area contributed by atoms with E-state index in [2.05, 4.69) is 9.80 Å². The Balaban J connectivity index is 2.07. The molecule has 7 heteroatoms. The Morgan fingerprint density at radius 2 is 1.85 bits per heavy atom. The molecule has 0 spiro atoms. The fourth-order valence-electron chi connectivity index (χ4n) is 2.49. The zero-order chi connectivity index (χ0) is 14.5. The standard InChI is InChI=1S/C13H21N3O3S/c14-12-7-11(10-20(18)19)8-13(9-12)16-3-1-15(2-4-16)5-6-17/h7-9,17,20H,1-6,10,14H2. The molecule has 1 aliphatic rings. The van der Waals surface area contributed by atoms with Crippen LogP contribution in [0.2, 0.25) is 0 Å². The van der Waals surface area contributed by atoms with Crippen LogP contribution < -0.4 is 10.6 Å². The highest BCUT2D eigenvalue weighted by Crippen LogP contribution is 2.22. The monoisotopic (exact) mass is 299 g/mol. The minimum Gasteiger partial charge on any atom is -0.399 e. The molecule has 1 aliphatic heterocycles. The number of piperazine rings is 1. The Bertz CT molecular complexity index is 518. The summed E-state index contributed by atoms with van der Waals surface area (Å²) in [4.78, 5) is 4.41. The fraction of sp³-hybridized carbons (Fsp3) is 0.538. The van der Waals surface area contributed by atoms with Crippen molar-refractivity contribution < 1.29 is 13.5 Å². The number of nitrogen functional groups attached to an aromatic ring is 1. The quantitative estimate of drug-likeness (QED) is 0.502. The second-order valence-electron chi connectivity index (χ2n) is 4.98. The molecule has 1 fully saturated rings. The molecule has 1 saturated heterocycles. The van der Waals surface area contributed by atoms with Gasteiger partial charge in [-0.25, -0.2) is 8.42 Å². The van der Waals surface area contributed by atoms with E-state index in [9.17, 15) is 8.42 Å². The van der Waals surface area contributed by atoms with E-state index in [0.717, 1.165) is 37.4 Å². The van der Waals surface area contributed by atoms with Gasteiger partial charge in [0.2, 0.25) is 0 Å². The third-order valence-electron chi connectivity index (χ3n) is 3.47. The highest BCUT2D eigenvalue weighted by Gasteiger charge is 2.17. The van der Waals surface area contributed by atoms with Crippen LogP contribution >= 0.6 is 0 Å². The maximum atomic E-state index is 10.8. The molecule has 1 heterocycles. The molecule has 0 amide bonds. The van der Waals surface area contributed by atoms with E-state index in [1.54, 1.807) is 6.07 Å². The number of nitrogens with zero attached hydrogens (tertiary/aromatic N) is 2. The third kappa shape index (κ3) is 4.09. The smallest absolute Gasteiger partial charge is 0.144 e. The van der Waals surface area contributed by atoms with Crippen LogP contribution in [0.4, 0.5) is 11.4 Å². The van der Waals surface area contributed by atoms with Crippen molar-refractivity contribution >= 4 is 22.1 Å². The lowest BCUT2D eigenvalue weighted by Gasteiger charge is -2.36. The molecule has 6 nitrogen and oxygen atoms in total. The molecule has 0 aliphatic carbocycles. The molecule has 0 radical (unpaired) electrons. The van der Waals surface area contributed by atoms with Gasteiger partial charge in [-0.15, -0.1) is 0 Å². The summed E-state index contributed by atoms with van der Waals surface area (Å²) in [5, 5.41) is 8.93.